The molecule has 0 aliphatic carbocycles. The first-order valence-corrected chi connectivity index (χ1v) is 5.03. The summed E-state index contributed by atoms with van der Waals surface area (Å²) in [4.78, 5) is 10.7. The molecule has 1 atom stereocenters. The van der Waals surface area contributed by atoms with Gasteiger partial charge >= 0.3 is 5.30 Å². The number of alkyl halides is 1. The molecule has 1 unspecified atom stereocenters. The van der Waals surface area contributed by atoms with Gasteiger partial charge in [0.15, 0.2) is 5.50 Å². The van der Waals surface area contributed by atoms with Crippen LogP contribution in [0.3, 0.4) is 0 Å². The van der Waals surface area contributed by atoms with Crippen molar-refractivity contribution in [1.29, 1.82) is 0 Å². The average Bonchev–Trinajstić information content (AvgIpc) is 2.18. The van der Waals surface area contributed by atoms with Gasteiger partial charge in [0.05, 0.1) is 7.11 Å². The maximum atomic E-state index is 13.3. The summed E-state index contributed by atoms with van der Waals surface area (Å²) in [7, 11) is 1.21. The van der Waals surface area contributed by atoms with Crippen LogP contribution >= 0.6 is 23.4 Å². The van der Waals surface area contributed by atoms with Gasteiger partial charge in [-0.15, -0.1) is 0 Å². The first-order chi connectivity index (χ1) is 6.63. The van der Waals surface area contributed by atoms with Crippen molar-refractivity contribution in [2.75, 3.05) is 7.11 Å². The van der Waals surface area contributed by atoms with Gasteiger partial charge in [0.25, 0.3) is 0 Å². The highest BCUT2D eigenvalue weighted by Gasteiger charge is 2.15. The van der Waals surface area contributed by atoms with Gasteiger partial charge in [0, 0.05) is 5.02 Å². The van der Waals surface area contributed by atoms with Crippen LogP contribution in [-0.2, 0) is 4.74 Å². The average molecular weight is 235 g/mol. The molecule has 1 aromatic rings. The summed E-state index contributed by atoms with van der Waals surface area (Å²) in [5.41, 5.74) is -1.02. The van der Waals surface area contributed by atoms with E-state index in [2.05, 4.69) is 4.74 Å². The molecule has 0 bridgehead atoms. The van der Waals surface area contributed by atoms with Crippen molar-refractivity contribution in [2.45, 2.75) is 5.50 Å². The van der Waals surface area contributed by atoms with Crippen molar-refractivity contribution in [1.82, 2.24) is 0 Å². The van der Waals surface area contributed by atoms with E-state index >= 15 is 0 Å². The molecule has 0 aliphatic heterocycles. The Morgan fingerprint density at radius 2 is 2.07 bits per heavy atom. The number of hydrogen-bond donors (Lipinski definition) is 0. The van der Waals surface area contributed by atoms with E-state index in [-0.39, 0.29) is 0 Å². The van der Waals surface area contributed by atoms with Gasteiger partial charge < -0.3 is 4.74 Å². The van der Waals surface area contributed by atoms with Crippen molar-refractivity contribution in [2.24, 2.45) is 0 Å². The first-order valence-electron chi connectivity index (χ1n) is 3.77. The fourth-order valence-electron chi connectivity index (χ4n) is 0.815. The van der Waals surface area contributed by atoms with E-state index < -0.39 is 10.8 Å². The summed E-state index contributed by atoms with van der Waals surface area (Å²) in [5.74, 6) is 0. The molecule has 0 aliphatic rings. The van der Waals surface area contributed by atoms with E-state index in [0.29, 0.717) is 22.3 Å². The maximum absolute atomic E-state index is 13.3. The van der Waals surface area contributed by atoms with Crippen molar-refractivity contribution >= 4 is 28.7 Å². The van der Waals surface area contributed by atoms with Gasteiger partial charge in [-0.3, -0.25) is 0 Å². The zero-order chi connectivity index (χ0) is 10.6. The van der Waals surface area contributed by atoms with Gasteiger partial charge in [-0.2, -0.15) is 0 Å². The van der Waals surface area contributed by atoms with Crippen LogP contribution in [0.15, 0.2) is 24.3 Å². The SMILES string of the molecule is COC(=O)SC(F)c1ccc(Cl)cc1. The van der Waals surface area contributed by atoms with E-state index in [4.69, 9.17) is 11.6 Å². The Bertz CT molecular complexity index is 315. The van der Waals surface area contributed by atoms with Gasteiger partial charge in [-0.1, -0.05) is 23.7 Å². The predicted molar refractivity (Wildman–Crippen MR) is 55.3 cm³/mol. The molecule has 0 saturated carbocycles. The highest BCUT2D eigenvalue weighted by Crippen LogP contribution is 2.31. The number of methoxy groups -OCH3 is 1. The third-order valence-corrected chi connectivity index (χ3v) is 2.59. The van der Waals surface area contributed by atoms with E-state index in [1.54, 1.807) is 12.1 Å². The summed E-state index contributed by atoms with van der Waals surface area (Å²) in [6.45, 7) is 0. The molecule has 0 spiro atoms. The Labute approximate surface area is 90.4 Å². The Balaban J connectivity index is 2.65. The standard InChI is InChI=1S/C9H8ClFO2S/c1-13-9(12)14-8(11)6-2-4-7(10)5-3-6/h2-5,8H,1H3. The monoisotopic (exact) mass is 234 g/mol. The van der Waals surface area contributed by atoms with Crippen LogP contribution in [0, 0.1) is 0 Å². The van der Waals surface area contributed by atoms with Crippen molar-refractivity contribution in [3.8, 4) is 0 Å². The number of thioether (sulfide) groups is 1. The molecular formula is C9H8ClFO2S. The number of hydrogen-bond acceptors (Lipinski definition) is 3. The third-order valence-electron chi connectivity index (χ3n) is 1.50. The lowest BCUT2D eigenvalue weighted by molar-refractivity contribution is 0.199. The maximum Gasteiger partial charge on any atom is 0.370 e. The van der Waals surface area contributed by atoms with Crippen LogP contribution in [0.2, 0.25) is 5.02 Å². The normalized spacial score (nSPS) is 12.2. The molecule has 14 heavy (non-hydrogen) atoms. The third kappa shape index (κ3) is 3.20. The lowest BCUT2D eigenvalue weighted by Crippen LogP contribution is -1.95. The second kappa shape index (κ2) is 5.22. The quantitative estimate of drug-likeness (QED) is 0.728. The van der Waals surface area contributed by atoms with Gasteiger partial charge in [0.1, 0.15) is 0 Å². The molecule has 0 amide bonds. The molecule has 0 N–H and O–H groups in total. The summed E-state index contributed by atoms with van der Waals surface area (Å²) in [6, 6.07) is 6.20. The van der Waals surface area contributed by atoms with Crippen molar-refractivity contribution < 1.29 is 13.9 Å². The molecule has 2 nitrogen and oxygen atoms in total. The lowest BCUT2D eigenvalue weighted by Gasteiger charge is -2.05. The summed E-state index contributed by atoms with van der Waals surface area (Å²) >= 11 is 6.12. The van der Waals surface area contributed by atoms with Crippen LogP contribution in [0.5, 0.6) is 0 Å². The molecule has 0 aromatic heterocycles. The van der Waals surface area contributed by atoms with E-state index in [9.17, 15) is 9.18 Å². The minimum absolute atomic E-state index is 0.393. The Hall–Kier alpha value is -0.740. The molecule has 1 rings (SSSR count). The fraction of sp³-hybridized carbons (Fsp3) is 0.222. The highest BCUT2D eigenvalue weighted by molar-refractivity contribution is 8.13. The number of halogens is 2. The minimum Gasteiger partial charge on any atom is -0.461 e. The predicted octanol–water partition coefficient (Wildman–Crippen LogP) is 3.81. The Morgan fingerprint density at radius 3 is 2.57 bits per heavy atom. The van der Waals surface area contributed by atoms with Gasteiger partial charge in [0.2, 0.25) is 0 Å². The van der Waals surface area contributed by atoms with E-state index in [1.165, 1.54) is 19.2 Å². The summed E-state index contributed by atoms with van der Waals surface area (Å²) in [5, 5.41) is -0.114. The number of carbonyl (C=O) groups excluding carboxylic acids is 1. The smallest absolute Gasteiger partial charge is 0.370 e. The largest absolute Gasteiger partial charge is 0.461 e. The van der Waals surface area contributed by atoms with Crippen LogP contribution in [0.25, 0.3) is 0 Å². The van der Waals surface area contributed by atoms with E-state index in [0.717, 1.165) is 0 Å². The zero-order valence-corrected chi connectivity index (χ0v) is 8.94. The van der Waals surface area contributed by atoms with Crippen molar-refractivity contribution in [3.63, 3.8) is 0 Å². The summed E-state index contributed by atoms with van der Waals surface area (Å²) < 4.78 is 17.6. The first kappa shape index (κ1) is 11.3. The second-order valence-corrected chi connectivity index (χ2v) is 3.86. The van der Waals surface area contributed by atoms with Crippen LogP contribution in [0.4, 0.5) is 9.18 Å². The van der Waals surface area contributed by atoms with Gasteiger partial charge in [-0.05, 0) is 29.5 Å². The topological polar surface area (TPSA) is 26.3 Å². The Morgan fingerprint density at radius 1 is 1.50 bits per heavy atom. The molecule has 0 heterocycles. The van der Waals surface area contributed by atoms with E-state index in [1.807, 2.05) is 0 Å². The zero-order valence-electron chi connectivity index (χ0n) is 7.37. The molecular weight excluding hydrogens is 227 g/mol. The number of carbonyl (C=O) groups is 1. The number of rotatable bonds is 2. The van der Waals surface area contributed by atoms with Crippen LogP contribution in [-0.4, -0.2) is 12.4 Å². The van der Waals surface area contributed by atoms with Crippen molar-refractivity contribution in [3.05, 3.63) is 34.9 Å². The molecule has 0 radical (unpaired) electrons. The lowest BCUT2D eigenvalue weighted by atomic mass is 10.2. The molecule has 1 aromatic carbocycles. The van der Waals surface area contributed by atoms with Crippen LogP contribution in [0.1, 0.15) is 11.1 Å². The minimum atomic E-state index is -1.42. The van der Waals surface area contributed by atoms with Gasteiger partial charge in [-0.25, -0.2) is 9.18 Å². The van der Waals surface area contributed by atoms with Crippen LogP contribution < -0.4 is 0 Å². The second-order valence-electron chi connectivity index (χ2n) is 2.44. The molecule has 76 valence electrons. The fourth-order valence-corrected chi connectivity index (χ4v) is 1.50. The highest BCUT2D eigenvalue weighted by atomic mass is 35.5. The summed E-state index contributed by atoms with van der Waals surface area (Å²) in [6.07, 6.45) is 0. The number of ether oxygens (including phenoxy) is 1. The Kier molecular flexibility index (Phi) is 4.22. The number of benzene rings is 1. The molecule has 0 saturated heterocycles. The molecule has 0 fully saturated rings. The molecule has 5 heteroatoms.